The van der Waals surface area contributed by atoms with Gasteiger partial charge in [0.15, 0.2) is 0 Å². The fourth-order valence-electron chi connectivity index (χ4n) is 0.759. The van der Waals surface area contributed by atoms with E-state index in [4.69, 9.17) is 23.2 Å². The normalized spacial score (nSPS) is 15.5. The monoisotopic (exact) mass is 222 g/mol. The molecule has 12 heavy (non-hydrogen) atoms. The van der Waals surface area contributed by atoms with Crippen LogP contribution in [0.5, 0.6) is 0 Å². The number of hydrogen-bond acceptors (Lipinski definition) is 1. The lowest BCUT2D eigenvalue weighted by atomic mass is 10.4. The van der Waals surface area contributed by atoms with Crippen molar-refractivity contribution in [2.75, 3.05) is 5.88 Å². The molecule has 0 saturated heterocycles. The Morgan fingerprint density at radius 2 is 1.92 bits per heavy atom. The molecule has 0 fully saturated rings. The van der Waals surface area contributed by atoms with Crippen LogP contribution in [0.15, 0.2) is 35.2 Å². The number of alkyl halides is 2. The molecule has 4 heteroatoms. The van der Waals surface area contributed by atoms with E-state index in [9.17, 15) is 4.21 Å². The summed E-state index contributed by atoms with van der Waals surface area (Å²) < 4.78 is 11.0. The quantitative estimate of drug-likeness (QED) is 0.720. The third-order valence-corrected chi connectivity index (χ3v) is 3.99. The predicted octanol–water partition coefficient (Wildman–Crippen LogP) is 2.60. The van der Waals surface area contributed by atoms with Crippen LogP contribution in [0.2, 0.25) is 0 Å². The summed E-state index contributed by atoms with van der Waals surface area (Å²) in [6.45, 7) is 0. The van der Waals surface area contributed by atoms with Crippen LogP contribution in [0, 0.1) is 0 Å². The molecule has 0 aliphatic heterocycles. The molecule has 1 aromatic carbocycles. The Balaban J connectivity index is 2.79. The molecule has 0 aliphatic rings. The Hall–Kier alpha value is -0.0500. The summed E-state index contributed by atoms with van der Waals surface area (Å²) in [7, 11) is -1.19. The van der Waals surface area contributed by atoms with Crippen molar-refractivity contribution in [1.82, 2.24) is 0 Å². The summed E-state index contributed by atoms with van der Waals surface area (Å²) in [5, 5.41) is 0. The highest BCUT2D eigenvalue weighted by Crippen LogP contribution is 2.14. The Morgan fingerprint density at radius 1 is 1.33 bits per heavy atom. The van der Waals surface area contributed by atoms with Gasteiger partial charge in [-0.2, -0.15) is 0 Å². The lowest BCUT2D eigenvalue weighted by Crippen LogP contribution is -2.09. The fourth-order valence-corrected chi connectivity index (χ4v) is 2.25. The summed E-state index contributed by atoms with van der Waals surface area (Å²) in [6, 6.07) is 9.07. The molecular weight excluding hydrogens is 215 g/mol. The van der Waals surface area contributed by atoms with Crippen LogP contribution in [-0.2, 0) is 10.8 Å². The van der Waals surface area contributed by atoms with Gasteiger partial charge in [0.25, 0.3) is 0 Å². The zero-order chi connectivity index (χ0) is 8.97. The average molecular weight is 223 g/mol. The molecule has 0 aromatic heterocycles. The van der Waals surface area contributed by atoms with E-state index < -0.39 is 15.5 Å². The smallest absolute Gasteiger partial charge is 0.127 e. The molecule has 0 N–H and O–H groups in total. The van der Waals surface area contributed by atoms with Gasteiger partial charge in [0, 0.05) is 4.90 Å². The molecule has 0 saturated carbocycles. The predicted molar refractivity (Wildman–Crippen MR) is 53.2 cm³/mol. The second kappa shape index (κ2) is 4.85. The van der Waals surface area contributed by atoms with E-state index in [-0.39, 0.29) is 5.88 Å². The van der Waals surface area contributed by atoms with Gasteiger partial charge in [0.05, 0.1) is 16.7 Å². The third-order valence-electron chi connectivity index (χ3n) is 1.33. The van der Waals surface area contributed by atoms with Gasteiger partial charge in [-0.3, -0.25) is 4.21 Å². The maximum atomic E-state index is 11.5. The second-order valence-electron chi connectivity index (χ2n) is 2.17. The van der Waals surface area contributed by atoms with Crippen LogP contribution in [0.1, 0.15) is 0 Å². The zero-order valence-corrected chi connectivity index (χ0v) is 8.57. The molecule has 0 amide bonds. The van der Waals surface area contributed by atoms with Crippen LogP contribution >= 0.6 is 23.2 Å². The summed E-state index contributed by atoms with van der Waals surface area (Å²) in [6.07, 6.45) is 0. The van der Waals surface area contributed by atoms with Crippen LogP contribution in [0.25, 0.3) is 0 Å². The third kappa shape index (κ3) is 2.47. The topological polar surface area (TPSA) is 17.1 Å². The first-order chi connectivity index (χ1) is 5.75. The van der Waals surface area contributed by atoms with Gasteiger partial charge in [0.1, 0.15) is 4.71 Å². The van der Waals surface area contributed by atoms with E-state index in [1.165, 1.54) is 0 Å². The standard InChI is InChI=1S/C8H8Cl2OS/c9-6-8(10)12(11)7-4-2-1-3-5-7/h1-5,8H,6H2/t8-,12?/m0/s1. The molecule has 2 atom stereocenters. The minimum absolute atomic E-state index is 0.197. The Kier molecular flexibility index (Phi) is 4.06. The molecular formula is C8H8Cl2OS. The van der Waals surface area contributed by atoms with Crippen LogP contribution in [0.4, 0.5) is 0 Å². The molecule has 1 aromatic rings. The number of halogens is 2. The summed E-state index contributed by atoms with van der Waals surface area (Å²) in [5.41, 5.74) is 0. The largest absolute Gasteiger partial charge is 0.253 e. The molecule has 1 nitrogen and oxygen atoms in total. The Labute approximate surface area is 84.1 Å². The van der Waals surface area contributed by atoms with Crippen LogP contribution in [0.3, 0.4) is 0 Å². The SMILES string of the molecule is O=S(c1ccccc1)[C@H](Cl)CCl. The maximum absolute atomic E-state index is 11.5. The Bertz CT molecular complexity index is 263. The highest BCUT2D eigenvalue weighted by atomic mass is 35.5. The zero-order valence-electron chi connectivity index (χ0n) is 6.24. The van der Waals surface area contributed by atoms with E-state index in [0.29, 0.717) is 0 Å². The molecule has 0 spiro atoms. The number of hydrogen-bond donors (Lipinski definition) is 0. The van der Waals surface area contributed by atoms with E-state index in [1.807, 2.05) is 18.2 Å². The van der Waals surface area contributed by atoms with Gasteiger partial charge >= 0.3 is 0 Å². The fraction of sp³-hybridized carbons (Fsp3) is 0.250. The van der Waals surface area contributed by atoms with Gasteiger partial charge in [-0.25, -0.2) is 0 Å². The van der Waals surface area contributed by atoms with E-state index in [1.54, 1.807) is 12.1 Å². The molecule has 66 valence electrons. The van der Waals surface area contributed by atoms with E-state index in [0.717, 1.165) is 4.90 Å². The van der Waals surface area contributed by atoms with Gasteiger partial charge in [-0.15, -0.1) is 23.2 Å². The van der Waals surface area contributed by atoms with Gasteiger partial charge < -0.3 is 0 Å². The first kappa shape index (κ1) is 10.0. The first-order valence-electron chi connectivity index (χ1n) is 3.41. The van der Waals surface area contributed by atoms with Gasteiger partial charge in [-0.1, -0.05) is 18.2 Å². The summed E-state index contributed by atoms with van der Waals surface area (Å²) in [5.74, 6) is 0.197. The van der Waals surface area contributed by atoms with Crippen LogP contribution in [-0.4, -0.2) is 14.8 Å². The average Bonchev–Trinajstić information content (AvgIpc) is 2.17. The van der Waals surface area contributed by atoms with Crippen LogP contribution < -0.4 is 0 Å². The van der Waals surface area contributed by atoms with Crippen molar-refractivity contribution in [3.8, 4) is 0 Å². The van der Waals surface area contributed by atoms with E-state index in [2.05, 4.69) is 0 Å². The second-order valence-corrected chi connectivity index (χ2v) is 4.90. The Morgan fingerprint density at radius 3 is 2.42 bits per heavy atom. The molecule has 0 bridgehead atoms. The van der Waals surface area contributed by atoms with Gasteiger partial charge in [0.2, 0.25) is 0 Å². The maximum Gasteiger partial charge on any atom is 0.127 e. The lowest BCUT2D eigenvalue weighted by molar-refractivity contribution is 0.682. The number of benzene rings is 1. The molecule has 0 heterocycles. The lowest BCUT2D eigenvalue weighted by Gasteiger charge is -2.04. The molecule has 0 aliphatic carbocycles. The van der Waals surface area contributed by atoms with Gasteiger partial charge in [-0.05, 0) is 12.1 Å². The van der Waals surface area contributed by atoms with Crippen molar-refractivity contribution in [3.05, 3.63) is 30.3 Å². The van der Waals surface area contributed by atoms with Crippen molar-refractivity contribution in [1.29, 1.82) is 0 Å². The first-order valence-corrected chi connectivity index (χ1v) is 5.59. The summed E-state index contributed by atoms with van der Waals surface area (Å²) in [4.78, 5) is 0.721. The molecule has 0 radical (unpaired) electrons. The van der Waals surface area contributed by atoms with Crippen molar-refractivity contribution >= 4 is 34.0 Å². The number of rotatable bonds is 3. The minimum Gasteiger partial charge on any atom is -0.253 e. The van der Waals surface area contributed by atoms with E-state index >= 15 is 0 Å². The molecule has 1 unspecified atom stereocenters. The van der Waals surface area contributed by atoms with Crippen molar-refractivity contribution < 1.29 is 4.21 Å². The highest BCUT2D eigenvalue weighted by Gasteiger charge is 2.13. The molecule has 1 rings (SSSR count). The van der Waals surface area contributed by atoms with Crippen molar-refractivity contribution in [2.45, 2.75) is 9.60 Å². The minimum atomic E-state index is -1.19. The summed E-state index contributed by atoms with van der Waals surface area (Å²) >= 11 is 11.2. The highest BCUT2D eigenvalue weighted by molar-refractivity contribution is 7.87. The van der Waals surface area contributed by atoms with Crippen molar-refractivity contribution in [3.63, 3.8) is 0 Å². The van der Waals surface area contributed by atoms with Crippen molar-refractivity contribution in [2.24, 2.45) is 0 Å².